The maximum atomic E-state index is 11.8. The number of nitrogens with one attached hydrogen (secondary N) is 1. The van der Waals surface area contributed by atoms with Crippen molar-refractivity contribution in [3.05, 3.63) is 131 Å². The molecule has 450 valence electrons. The van der Waals surface area contributed by atoms with Crippen LogP contribution in [-0.4, -0.2) is 123 Å². The number of nitrogens with zero attached hydrogens (tertiary/aromatic N) is 15. The fourth-order valence-electron chi connectivity index (χ4n) is 10.4. The Morgan fingerprint density at radius 2 is 1.11 bits per heavy atom. The number of nitrogen functional groups attached to an aromatic ring is 1. The lowest BCUT2D eigenvalue weighted by molar-refractivity contribution is -0.172. The fourth-order valence-corrected chi connectivity index (χ4v) is 11.0. The zero-order chi connectivity index (χ0) is 60.5. The summed E-state index contributed by atoms with van der Waals surface area (Å²) in [5.74, 6) is 5.17. The predicted molar refractivity (Wildman–Crippen MR) is 325 cm³/mol. The van der Waals surface area contributed by atoms with E-state index in [4.69, 9.17) is 64.5 Å². The molecule has 0 unspecified atom stereocenters. The van der Waals surface area contributed by atoms with Gasteiger partial charge in [0.25, 0.3) is 0 Å². The molecule has 1 saturated carbocycles. The zero-order valence-electron chi connectivity index (χ0n) is 48.3. The quantitative estimate of drug-likeness (QED) is 0.130. The Hall–Kier alpha value is -8.22. The number of hydrogen-bond acceptors (Lipinski definition) is 16. The number of aromatic nitrogens is 13. The van der Waals surface area contributed by atoms with Crippen LogP contribution in [0.5, 0.6) is 23.0 Å². The van der Waals surface area contributed by atoms with Crippen LogP contribution in [0, 0.1) is 19.8 Å². The number of hydrogen-bond donors (Lipinski definition) is 2. The van der Waals surface area contributed by atoms with Gasteiger partial charge in [0, 0.05) is 62.0 Å². The third-order valence-corrected chi connectivity index (χ3v) is 15.6. The van der Waals surface area contributed by atoms with Gasteiger partial charge in [0.15, 0.2) is 34.1 Å². The van der Waals surface area contributed by atoms with Gasteiger partial charge in [-0.15, -0.1) is 15.3 Å². The van der Waals surface area contributed by atoms with E-state index >= 15 is 0 Å². The van der Waals surface area contributed by atoms with Gasteiger partial charge in [0.2, 0.25) is 22.3 Å². The summed E-state index contributed by atoms with van der Waals surface area (Å²) in [6.07, 6.45) is 15.7. The first-order chi connectivity index (χ1) is 40.8. The van der Waals surface area contributed by atoms with Crippen LogP contribution in [0.1, 0.15) is 76.3 Å². The molecule has 2 aliphatic heterocycles. The molecule has 0 amide bonds. The van der Waals surface area contributed by atoms with Crippen molar-refractivity contribution in [1.82, 2.24) is 62.9 Å². The van der Waals surface area contributed by atoms with Crippen LogP contribution in [0.2, 0.25) is 15.7 Å². The molecule has 3 fully saturated rings. The van der Waals surface area contributed by atoms with E-state index in [1.54, 1.807) is 67.1 Å². The van der Waals surface area contributed by atoms with E-state index in [1.165, 1.54) is 31.2 Å². The summed E-state index contributed by atoms with van der Waals surface area (Å²) >= 11 is 17.2. The number of fused-ring (bicyclic) bond motifs is 3. The first kappa shape index (κ1) is 61.3. The first-order valence-corrected chi connectivity index (χ1v) is 28.7. The summed E-state index contributed by atoms with van der Waals surface area (Å²) in [6.45, 7) is 10.7. The van der Waals surface area contributed by atoms with E-state index in [1.807, 2.05) is 76.2 Å². The van der Waals surface area contributed by atoms with Gasteiger partial charge in [-0.1, -0.05) is 24.4 Å². The summed E-state index contributed by atoms with van der Waals surface area (Å²) in [5.41, 5.74) is 12.5. The van der Waals surface area contributed by atoms with Crippen LogP contribution in [-0.2, 0) is 0 Å². The fraction of sp³-hybridized carbons (Fsp3) is 0.379. The van der Waals surface area contributed by atoms with Crippen molar-refractivity contribution >= 4 is 80.6 Å². The number of aryl methyl sites for hydroxylation is 1. The van der Waals surface area contributed by atoms with E-state index in [9.17, 15) is 13.2 Å². The number of anilines is 5. The van der Waals surface area contributed by atoms with Gasteiger partial charge < -0.3 is 48.9 Å². The molecule has 0 spiro atoms. The van der Waals surface area contributed by atoms with Gasteiger partial charge >= 0.3 is 6.18 Å². The molecule has 3 aliphatic rings. The third kappa shape index (κ3) is 14.5. The van der Waals surface area contributed by atoms with Crippen LogP contribution >= 0.6 is 34.8 Å². The predicted octanol–water partition coefficient (Wildman–Crippen LogP) is 12.9. The van der Waals surface area contributed by atoms with E-state index in [-0.39, 0.29) is 5.28 Å². The SMILES string of the molecule is COc1cc(-n2cnc(N)c2)cc(OC)c1OC.COc1cc(-n2cnc(Nc3nc(N4CCC[C@H]4C)c4cccn4n3)c2)cc(C)c1C.C[C@@H]1CCCN1c1nc(Cl)nn2cccc12.Clc1nc(Cl)c2cccn2n1.FC(F)(F)C1CCCC1. The zero-order valence-corrected chi connectivity index (χ0v) is 50.6. The molecule has 0 bridgehead atoms. The Labute approximate surface area is 504 Å². The normalized spacial score (nSPS) is 15.8. The highest BCUT2D eigenvalue weighted by atomic mass is 35.5. The molecule has 3 N–H and O–H groups in total. The number of halogens is 6. The minimum absolute atomic E-state index is 0.152. The summed E-state index contributed by atoms with van der Waals surface area (Å²) in [6, 6.07) is 20.5. The van der Waals surface area contributed by atoms with E-state index in [0.29, 0.717) is 70.2 Å². The van der Waals surface area contributed by atoms with Crippen molar-refractivity contribution in [2.45, 2.75) is 97.3 Å². The molecule has 2 saturated heterocycles. The van der Waals surface area contributed by atoms with Crippen LogP contribution in [0.25, 0.3) is 27.9 Å². The largest absolute Gasteiger partial charge is 0.496 e. The van der Waals surface area contributed by atoms with Gasteiger partial charge in [-0.2, -0.15) is 23.1 Å². The average molecular weight is 1230 g/mol. The molecule has 85 heavy (non-hydrogen) atoms. The van der Waals surface area contributed by atoms with Crippen molar-refractivity contribution in [3.63, 3.8) is 0 Å². The summed E-state index contributed by atoms with van der Waals surface area (Å²) in [7, 11) is 6.40. The number of alkyl halides is 3. The molecule has 2 aromatic carbocycles. The maximum Gasteiger partial charge on any atom is 0.391 e. The van der Waals surface area contributed by atoms with Crippen molar-refractivity contribution in [2.24, 2.45) is 5.92 Å². The second kappa shape index (κ2) is 27.2. The second-order valence-electron chi connectivity index (χ2n) is 20.5. The Balaban J connectivity index is 0.000000137. The van der Waals surface area contributed by atoms with Crippen LogP contribution in [0.3, 0.4) is 0 Å². The van der Waals surface area contributed by atoms with E-state index < -0.39 is 12.1 Å². The highest BCUT2D eigenvalue weighted by Crippen LogP contribution is 2.40. The van der Waals surface area contributed by atoms with Crippen LogP contribution < -0.4 is 39.8 Å². The number of nitrogens with two attached hydrogens (primary N) is 1. The first-order valence-electron chi connectivity index (χ1n) is 27.5. The van der Waals surface area contributed by atoms with Crippen LogP contribution in [0.15, 0.2) is 104 Å². The number of benzene rings is 2. The Kier molecular flexibility index (Phi) is 19.6. The smallest absolute Gasteiger partial charge is 0.391 e. The minimum atomic E-state index is -3.92. The maximum absolute atomic E-state index is 11.8. The number of imidazole rings is 2. The van der Waals surface area contributed by atoms with Gasteiger partial charge in [0.05, 0.1) is 58.1 Å². The standard InChI is InChI=1S/C23H27N7O.C12H15N3O3.C11H13ClN4.C6H3Cl2N3.C6H9F3/c1-15-11-18(12-20(31-4)17(15)3)28-13-21(24-14-28)25-23-26-22(29-9-5-7-16(29)2)19-8-6-10-30(19)27-23;1-16-9-4-8(15-6-11(13)14-7-15)5-10(17-2)12(9)18-3;1-8-4-2-6-15(8)10-9-5-3-7-16(9)14-11(12)13-10;7-5-4-2-1-3-11(4)10-6(8)9-5;7-6(8,9)5-3-1-2-4-5/h6,8,10-14,16H,5,7,9H2,1-4H3,(H,25,27);4-7H,13H2,1-3H3;3,5,7-8H,2,4,6H2,1H3;1-3H;5H,1-4H2/t16-;;8-;;/m1.1../s1. The Morgan fingerprint density at radius 3 is 1.62 bits per heavy atom. The van der Waals surface area contributed by atoms with Gasteiger partial charge in [0.1, 0.15) is 40.8 Å². The molecular formula is C58H67Cl3F3N17O4. The molecule has 10 aromatic rings. The van der Waals surface area contributed by atoms with Crippen molar-refractivity contribution in [3.8, 4) is 34.4 Å². The van der Waals surface area contributed by atoms with E-state index in [2.05, 4.69) is 90.2 Å². The average Bonchev–Trinajstić information content (AvgIpc) is 3.22. The summed E-state index contributed by atoms with van der Waals surface area (Å²) < 4.78 is 65.6. The van der Waals surface area contributed by atoms with Crippen molar-refractivity contribution in [1.29, 1.82) is 0 Å². The molecule has 1 aliphatic carbocycles. The monoisotopic (exact) mass is 1230 g/mol. The van der Waals surface area contributed by atoms with Gasteiger partial charge in [-0.05, 0) is 143 Å². The van der Waals surface area contributed by atoms with Gasteiger partial charge in [-0.3, -0.25) is 0 Å². The summed E-state index contributed by atoms with van der Waals surface area (Å²) in [4.78, 5) is 26.1. The Morgan fingerprint density at radius 1 is 0.600 bits per heavy atom. The number of methoxy groups -OCH3 is 4. The minimum Gasteiger partial charge on any atom is -0.496 e. The molecule has 8 aromatic heterocycles. The molecule has 10 heterocycles. The van der Waals surface area contributed by atoms with Crippen LogP contribution in [0.4, 0.5) is 42.4 Å². The van der Waals surface area contributed by atoms with Crippen molar-refractivity contribution in [2.75, 3.05) is 62.4 Å². The lowest BCUT2D eigenvalue weighted by Crippen LogP contribution is -2.28. The molecular weight excluding hydrogens is 1160 g/mol. The second-order valence-corrected chi connectivity index (χ2v) is 21.5. The summed E-state index contributed by atoms with van der Waals surface area (Å²) in [5, 5.41) is 16.7. The highest BCUT2D eigenvalue weighted by molar-refractivity contribution is 6.34. The molecule has 0 radical (unpaired) electrons. The lowest BCUT2D eigenvalue weighted by Gasteiger charge is -2.23. The lowest BCUT2D eigenvalue weighted by atomic mass is 10.1. The highest BCUT2D eigenvalue weighted by Gasteiger charge is 2.40. The number of ether oxygens (including phenoxy) is 4. The Bertz CT molecular complexity index is 3830. The molecule has 2 atom stereocenters. The van der Waals surface area contributed by atoms with Gasteiger partial charge in [-0.25, -0.2) is 28.5 Å². The third-order valence-electron chi connectivity index (χ3n) is 15.0. The molecule has 27 heteroatoms. The molecule has 13 rings (SSSR count). The topological polar surface area (TPSA) is 208 Å². The van der Waals surface area contributed by atoms with E-state index in [0.717, 1.165) is 76.8 Å². The van der Waals surface area contributed by atoms with Crippen molar-refractivity contribution < 1.29 is 32.1 Å². The molecule has 21 nitrogen and oxygen atoms in total. The number of rotatable bonds is 10.